The summed E-state index contributed by atoms with van der Waals surface area (Å²) in [4.78, 5) is 14.7. The minimum absolute atomic E-state index is 0.00138. The normalized spacial score (nSPS) is 19.8. The van der Waals surface area contributed by atoms with Crippen LogP contribution in [0.3, 0.4) is 0 Å². The molecule has 8 rings (SSSR count). The third-order valence-corrected chi connectivity index (χ3v) is 9.90. The van der Waals surface area contributed by atoms with Crippen LogP contribution in [0.5, 0.6) is 0 Å². The van der Waals surface area contributed by atoms with Crippen molar-refractivity contribution >= 4 is 11.1 Å². The standard InChI is InChI=1S/C40H34N4/c41-26-32-15-10-16-34-33-22-21-31(25-35(33)40(36(32)34)23-8-3-9-24-40)27-17-19-30(20-18-27)39-43-37(28-11-4-1-5-12-28)42-38(44-39)29-13-6-2-7-14-29/h1,4-6,10-14,16-22,25,32H,2-3,7-9,15,23-24H2. The maximum absolute atomic E-state index is 10.1. The lowest BCUT2D eigenvalue weighted by Gasteiger charge is -2.39. The fraction of sp³-hybridized carbons (Fsp3) is 0.250. The first-order valence-electron chi connectivity index (χ1n) is 16.0. The Bertz CT molecular complexity index is 1910. The van der Waals surface area contributed by atoms with Crippen molar-refractivity contribution < 1.29 is 0 Å². The van der Waals surface area contributed by atoms with Gasteiger partial charge in [0.05, 0.1) is 12.0 Å². The molecule has 1 heterocycles. The Kier molecular flexibility index (Phi) is 6.68. The highest BCUT2D eigenvalue weighted by Gasteiger charge is 2.48. The van der Waals surface area contributed by atoms with Gasteiger partial charge >= 0.3 is 0 Å². The zero-order chi connectivity index (χ0) is 29.5. The monoisotopic (exact) mass is 570 g/mol. The van der Waals surface area contributed by atoms with Crippen LogP contribution in [0.25, 0.3) is 45.0 Å². The van der Waals surface area contributed by atoms with E-state index in [1.165, 1.54) is 52.7 Å². The quantitative estimate of drug-likeness (QED) is 0.245. The molecule has 4 aliphatic carbocycles. The molecule has 0 N–H and O–H groups in total. The molecule has 1 spiro atoms. The number of aromatic nitrogens is 3. The minimum Gasteiger partial charge on any atom is -0.208 e. The van der Waals surface area contributed by atoms with Crippen LogP contribution in [-0.2, 0) is 5.41 Å². The summed E-state index contributed by atoms with van der Waals surface area (Å²) < 4.78 is 0. The molecule has 1 atom stereocenters. The van der Waals surface area contributed by atoms with Crippen molar-refractivity contribution in [2.24, 2.45) is 5.92 Å². The van der Waals surface area contributed by atoms with E-state index in [0.717, 1.165) is 48.8 Å². The maximum Gasteiger partial charge on any atom is 0.164 e. The average molecular weight is 571 g/mol. The van der Waals surface area contributed by atoms with Crippen LogP contribution in [0.2, 0.25) is 0 Å². The predicted octanol–water partition coefficient (Wildman–Crippen LogP) is 9.67. The van der Waals surface area contributed by atoms with Gasteiger partial charge in [-0.25, -0.2) is 15.0 Å². The molecule has 0 radical (unpaired) electrons. The number of fused-ring (bicyclic) bond motifs is 4. The van der Waals surface area contributed by atoms with Crippen LogP contribution in [-0.4, -0.2) is 15.0 Å². The highest BCUT2D eigenvalue weighted by atomic mass is 15.0. The smallest absolute Gasteiger partial charge is 0.164 e. The number of rotatable bonds is 4. The van der Waals surface area contributed by atoms with Gasteiger partial charge in [0, 0.05) is 22.1 Å². The average Bonchev–Trinajstić information content (AvgIpc) is 3.37. The van der Waals surface area contributed by atoms with Gasteiger partial charge in [-0.15, -0.1) is 0 Å². The number of hydrogen-bond donors (Lipinski definition) is 0. The van der Waals surface area contributed by atoms with E-state index in [2.05, 4.69) is 78.9 Å². The molecule has 0 saturated heterocycles. The zero-order valence-electron chi connectivity index (χ0n) is 24.8. The lowest BCUT2D eigenvalue weighted by atomic mass is 9.63. The first-order valence-corrected chi connectivity index (χ1v) is 16.0. The van der Waals surface area contributed by atoms with Gasteiger partial charge in [0.15, 0.2) is 17.5 Å². The topological polar surface area (TPSA) is 62.5 Å². The van der Waals surface area contributed by atoms with Crippen LogP contribution in [0.15, 0.2) is 109 Å². The Balaban J connectivity index is 1.17. The van der Waals surface area contributed by atoms with Crippen LogP contribution in [0.4, 0.5) is 0 Å². The Morgan fingerprint density at radius 1 is 0.682 bits per heavy atom. The summed E-state index contributed by atoms with van der Waals surface area (Å²) in [5.41, 5.74) is 10.9. The Morgan fingerprint density at radius 2 is 1.39 bits per heavy atom. The number of hydrogen-bond acceptors (Lipinski definition) is 4. The molecule has 3 aromatic carbocycles. The molecule has 4 heteroatoms. The van der Waals surface area contributed by atoms with Gasteiger partial charge in [0.1, 0.15) is 0 Å². The first kappa shape index (κ1) is 26.7. The summed E-state index contributed by atoms with van der Waals surface area (Å²) in [6.07, 6.45) is 19.9. The number of allylic oxidation sites excluding steroid dienone is 8. The van der Waals surface area contributed by atoms with Crippen molar-refractivity contribution in [3.8, 4) is 40.0 Å². The van der Waals surface area contributed by atoms with Gasteiger partial charge in [-0.05, 0) is 71.6 Å². The third-order valence-electron chi connectivity index (χ3n) is 9.90. The second-order valence-electron chi connectivity index (χ2n) is 12.4. The lowest BCUT2D eigenvalue weighted by Crippen LogP contribution is -2.32. The minimum atomic E-state index is -0.0193. The molecule has 1 fully saturated rings. The molecule has 0 bridgehead atoms. The molecule has 4 aromatic rings. The van der Waals surface area contributed by atoms with Gasteiger partial charge in [0.2, 0.25) is 0 Å². The van der Waals surface area contributed by atoms with Crippen LogP contribution in [0.1, 0.15) is 68.3 Å². The fourth-order valence-electron chi connectivity index (χ4n) is 7.80. The second kappa shape index (κ2) is 11.0. The molecule has 1 saturated carbocycles. The molecule has 214 valence electrons. The van der Waals surface area contributed by atoms with Gasteiger partial charge in [-0.1, -0.05) is 116 Å². The molecular formula is C40H34N4. The van der Waals surface area contributed by atoms with E-state index in [0.29, 0.717) is 17.5 Å². The van der Waals surface area contributed by atoms with Crippen molar-refractivity contribution in [3.05, 3.63) is 126 Å². The van der Waals surface area contributed by atoms with E-state index in [-0.39, 0.29) is 11.3 Å². The third kappa shape index (κ3) is 4.47. The Hall–Kier alpha value is -4.88. The largest absolute Gasteiger partial charge is 0.208 e. The summed E-state index contributed by atoms with van der Waals surface area (Å²) in [7, 11) is 0. The van der Waals surface area contributed by atoms with Crippen molar-refractivity contribution in [1.29, 1.82) is 5.26 Å². The summed E-state index contributed by atoms with van der Waals surface area (Å²) in [6.45, 7) is 0. The Labute approximate surface area is 259 Å². The first-order chi connectivity index (χ1) is 21.7. The van der Waals surface area contributed by atoms with Crippen molar-refractivity contribution in [3.63, 3.8) is 0 Å². The molecular weight excluding hydrogens is 536 g/mol. The lowest BCUT2D eigenvalue weighted by molar-refractivity contribution is 0.328. The summed E-state index contributed by atoms with van der Waals surface area (Å²) in [5.74, 6) is 2.06. The Morgan fingerprint density at radius 3 is 2.11 bits per heavy atom. The van der Waals surface area contributed by atoms with Crippen molar-refractivity contribution in [1.82, 2.24) is 15.0 Å². The molecule has 44 heavy (non-hydrogen) atoms. The van der Waals surface area contributed by atoms with Crippen LogP contribution < -0.4 is 0 Å². The van der Waals surface area contributed by atoms with Crippen LogP contribution in [0, 0.1) is 17.2 Å². The van der Waals surface area contributed by atoms with Gasteiger partial charge < -0.3 is 0 Å². The highest BCUT2D eigenvalue weighted by Crippen LogP contribution is 2.58. The fourth-order valence-corrected chi connectivity index (χ4v) is 7.80. The second-order valence-corrected chi connectivity index (χ2v) is 12.4. The highest BCUT2D eigenvalue weighted by molar-refractivity contribution is 5.89. The number of nitrogens with zero attached hydrogens (tertiary/aromatic N) is 4. The van der Waals surface area contributed by atoms with Gasteiger partial charge in [0.25, 0.3) is 0 Å². The molecule has 1 unspecified atom stereocenters. The van der Waals surface area contributed by atoms with Crippen LogP contribution >= 0.6 is 0 Å². The predicted molar refractivity (Wildman–Crippen MR) is 177 cm³/mol. The summed E-state index contributed by atoms with van der Waals surface area (Å²) in [6, 6.07) is 28.4. The van der Waals surface area contributed by atoms with E-state index in [9.17, 15) is 5.26 Å². The van der Waals surface area contributed by atoms with E-state index < -0.39 is 0 Å². The number of benzene rings is 3. The molecule has 4 aliphatic rings. The SMILES string of the molecule is N#CC1CC=CC2=C1C1(CCCCC1)c1cc(-c3ccc(-c4nc(C5=CCCC=C5)nc(-c5ccccc5)n4)cc3)ccc12. The zero-order valence-corrected chi connectivity index (χ0v) is 24.8. The van der Waals surface area contributed by atoms with E-state index in [4.69, 9.17) is 15.0 Å². The van der Waals surface area contributed by atoms with E-state index in [1.54, 1.807) is 0 Å². The summed E-state index contributed by atoms with van der Waals surface area (Å²) >= 11 is 0. The molecule has 1 aromatic heterocycles. The summed E-state index contributed by atoms with van der Waals surface area (Å²) in [5, 5.41) is 10.1. The maximum atomic E-state index is 10.1. The molecule has 4 nitrogen and oxygen atoms in total. The van der Waals surface area contributed by atoms with Gasteiger partial charge in [-0.2, -0.15) is 5.26 Å². The van der Waals surface area contributed by atoms with E-state index >= 15 is 0 Å². The van der Waals surface area contributed by atoms with Crippen molar-refractivity contribution in [2.45, 2.75) is 56.8 Å². The molecule has 0 amide bonds. The van der Waals surface area contributed by atoms with Gasteiger partial charge in [-0.3, -0.25) is 0 Å². The molecule has 0 aliphatic heterocycles. The number of nitriles is 1. The van der Waals surface area contributed by atoms with E-state index in [1.807, 2.05) is 30.3 Å². The van der Waals surface area contributed by atoms with Crippen molar-refractivity contribution in [2.75, 3.05) is 0 Å².